The van der Waals surface area contributed by atoms with Crippen LogP contribution in [-0.4, -0.2) is 46.0 Å². The minimum atomic E-state index is -4.81. The maximum absolute atomic E-state index is 13.1. The number of fused-ring (bicyclic) bond motifs is 1. The molecule has 0 fully saturated rings. The highest BCUT2D eigenvalue weighted by Gasteiger charge is 2.38. The Bertz CT molecular complexity index is 1560. The van der Waals surface area contributed by atoms with Crippen LogP contribution in [0.3, 0.4) is 0 Å². The van der Waals surface area contributed by atoms with Crippen molar-refractivity contribution < 1.29 is 31.2 Å². The number of aliphatic hydroxyl groups excluding tert-OH is 1. The number of hydrogen-bond acceptors (Lipinski definition) is 10. The number of aromatic nitrogens is 4. The van der Waals surface area contributed by atoms with E-state index in [-0.39, 0.29) is 29.7 Å². The summed E-state index contributed by atoms with van der Waals surface area (Å²) >= 11 is 0. The number of rotatable bonds is 7. The SMILES string of the molecule is O=S1(=O)CCCc2cc(Nc3ncc(-c4nc(C(F)(F)F)no4)c(N[C@H](CO)c4ccccc4)n3)ccc21. The molecule has 0 aliphatic carbocycles. The van der Waals surface area contributed by atoms with E-state index >= 15 is 0 Å². The topological polar surface area (TPSA) is 143 Å². The van der Waals surface area contributed by atoms with Crippen molar-refractivity contribution in [3.8, 4) is 11.5 Å². The number of alkyl halides is 3. The lowest BCUT2D eigenvalue weighted by molar-refractivity contribution is -0.146. The van der Waals surface area contributed by atoms with E-state index in [2.05, 4.69) is 30.7 Å². The van der Waals surface area contributed by atoms with Crippen LogP contribution in [-0.2, 0) is 22.4 Å². The first-order valence-electron chi connectivity index (χ1n) is 11.5. The van der Waals surface area contributed by atoms with Crippen molar-refractivity contribution in [1.82, 2.24) is 20.1 Å². The van der Waals surface area contributed by atoms with Gasteiger partial charge < -0.3 is 20.3 Å². The summed E-state index contributed by atoms with van der Waals surface area (Å²) in [7, 11) is -3.32. The molecule has 2 aromatic carbocycles. The van der Waals surface area contributed by atoms with E-state index in [1.807, 2.05) is 0 Å². The molecule has 0 spiro atoms. The number of halogens is 3. The maximum atomic E-state index is 13.1. The molecule has 0 amide bonds. The molecule has 10 nitrogen and oxygen atoms in total. The van der Waals surface area contributed by atoms with Gasteiger partial charge in [0.1, 0.15) is 11.4 Å². The third-order valence-corrected chi connectivity index (χ3v) is 7.80. The molecule has 4 aromatic rings. The van der Waals surface area contributed by atoms with Gasteiger partial charge in [-0.3, -0.25) is 0 Å². The van der Waals surface area contributed by atoms with Crippen molar-refractivity contribution in [3.05, 3.63) is 71.7 Å². The van der Waals surface area contributed by atoms with E-state index in [0.717, 1.165) is 0 Å². The summed E-state index contributed by atoms with van der Waals surface area (Å²) < 4.78 is 68.6. The highest BCUT2D eigenvalue weighted by atomic mass is 32.2. The summed E-state index contributed by atoms with van der Waals surface area (Å²) in [5, 5.41) is 19.0. The quantitative estimate of drug-likeness (QED) is 0.309. The van der Waals surface area contributed by atoms with Gasteiger partial charge in [-0.2, -0.15) is 23.1 Å². The van der Waals surface area contributed by atoms with Crippen LogP contribution in [0.5, 0.6) is 0 Å². The van der Waals surface area contributed by atoms with Crippen LogP contribution in [0.4, 0.5) is 30.6 Å². The standard InChI is InChI=1S/C24H21F3N6O4S/c25-24(26,27)22-32-21(37-33-22)17-12-28-23(31-20(17)30-18(13-34)14-5-2-1-3-6-14)29-16-8-9-19-15(11-16)7-4-10-38(19,35)36/h1-3,5-6,8-9,11-12,18,34H,4,7,10,13H2,(H2,28,29,30,31)/t18-/m1/s1. The fourth-order valence-electron chi connectivity index (χ4n) is 4.09. The predicted octanol–water partition coefficient (Wildman–Crippen LogP) is 4.15. The Morgan fingerprint density at radius 3 is 2.61 bits per heavy atom. The van der Waals surface area contributed by atoms with Gasteiger partial charge in [0.15, 0.2) is 9.84 Å². The van der Waals surface area contributed by atoms with E-state index < -0.39 is 33.8 Å². The van der Waals surface area contributed by atoms with Crippen LogP contribution < -0.4 is 10.6 Å². The zero-order valence-electron chi connectivity index (χ0n) is 19.6. The molecule has 198 valence electrons. The van der Waals surface area contributed by atoms with Crippen molar-refractivity contribution in [2.24, 2.45) is 0 Å². The molecule has 0 bridgehead atoms. The van der Waals surface area contributed by atoms with Crippen LogP contribution in [0.15, 0.2) is 64.1 Å². The minimum Gasteiger partial charge on any atom is -0.394 e. The lowest BCUT2D eigenvalue weighted by atomic mass is 10.1. The number of anilines is 3. The molecular weight excluding hydrogens is 525 g/mol. The monoisotopic (exact) mass is 546 g/mol. The lowest BCUT2D eigenvalue weighted by Crippen LogP contribution is -2.17. The van der Waals surface area contributed by atoms with Crippen LogP contribution >= 0.6 is 0 Å². The second-order valence-corrected chi connectivity index (χ2v) is 10.6. The molecule has 1 aliphatic rings. The first kappa shape index (κ1) is 25.6. The zero-order valence-corrected chi connectivity index (χ0v) is 20.4. The molecule has 14 heteroatoms. The average Bonchev–Trinajstić information content (AvgIpc) is 3.39. The second kappa shape index (κ2) is 10.0. The van der Waals surface area contributed by atoms with Gasteiger partial charge in [0.2, 0.25) is 5.95 Å². The zero-order chi connectivity index (χ0) is 26.9. The molecule has 1 atom stereocenters. The van der Waals surface area contributed by atoms with Gasteiger partial charge in [-0.1, -0.05) is 35.5 Å². The summed E-state index contributed by atoms with van der Waals surface area (Å²) in [6.07, 6.45) is -2.47. The lowest BCUT2D eigenvalue weighted by Gasteiger charge is -2.20. The van der Waals surface area contributed by atoms with E-state index in [0.29, 0.717) is 34.6 Å². The third-order valence-electron chi connectivity index (χ3n) is 5.91. The molecular formula is C24H21F3N6O4S. The first-order valence-corrected chi connectivity index (χ1v) is 13.1. The smallest absolute Gasteiger partial charge is 0.394 e. The van der Waals surface area contributed by atoms with Gasteiger partial charge in [0, 0.05) is 11.9 Å². The molecule has 0 unspecified atom stereocenters. The van der Waals surface area contributed by atoms with E-state index in [4.69, 9.17) is 4.52 Å². The van der Waals surface area contributed by atoms with Gasteiger partial charge in [0.25, 0.3) is 11.7 Å². The second-order valence-electron chi connectivity index (χ2n) is 8.54. The maximum Gasteiger partial charge on any atom is 0.455 e. The highest BCUT2D eigenvalue weighted by molar-refractivity contribution is 7.91. The Morgan fingerprint density at radius 1 is 1.11 bits per heavy atom. The molecule has 0 saturated carbocycles. The van der Waals surface area contributed by atoms with Crippen LogP contribution in [0, 0.1) is 0 Å². The molecule has 5 rings (SSSR count). The summed E-state index contributed by atoms with van der Waals surface area (Å²) in [6.45, 7) is -0.354. The fraction of sp³-hybridized carbons (Fsp3) is 0.250. The Balaban J connectivity index is 1.51. The van der Waals surface area contributed by atoms with Gasteiger partial charge in [0.05, 0.1) is 23.3 Å². The number of aliphatic hydroxyl groups is 1. The Labute approximate surface area is 214 Å². The van der Waals surface area contributed by atoms with Gasteiger partial charge >= 0.3 is 6.18 Å². The van der Waals surface area contributed by atoms with Crippen LogP contribution in [0.1, 0.15) is 29.4 Å². The molecule has 3 heterocycles. The van der Waals surface area contributed by atoms with Crippen molar-refractivity contribution in [1.29, 1.82) is 0 Å². The Hall–Kier alpha value is -4.04. The molecule has 0 radical (unpaired) electrons. The largest absolute Gasteiger partial charge is 0.455 e. The average molecular weight is 547 g/mol. The van der Waals surface area contributed by atoms with Gasteiger partial charge in [-0.25, -0.2) is 13.4 Å². The summed E-state index contributed by atoms with van der Waals surface area (Å²) in [6, 6.07) is 13.0. The number of hydrogen-bond donors (Lipinski definition) is 3. The molecule has 1 aliphatic heterocycles. The van der Waals surface area contributed by atoms with Gasteiger partial charge in [-0.15, -0.1) is 0 Å². The van der Waals surface area contributed by atoms with Crippen molar-refractivity contribution in [2.45, 2.75) is 30.0 Å². The van der Waals surface area contributed by atoms with Gasteiger partial charge in [-0.05, 0) is 42.2 Å². The number of sulfone groups is 1. The van der Waals surface area contributed by atoms with E-state index in [1.165, 1.54) is 12.3 Å². The number of aryl methyl sites for hydroxylation is 1. The molecule has 2 aromatic heterocycles. The minimum absolute atomic E-state index is 0.00975. The fourth-order valence-corrected chi connectivity index (χ4v) is 5.67. The number of nitrogens with zero attached hydrogens (tertiary/aromatic N) is 4. The summed E-state index contributed by atoms with van der Waals surface area (Å²) in [5.74, 6) is -1.72. The number of benzene rings is 2. The first-order chi connectivity index (χ1) is 18.1. The number of nitrogens with one attached hydrogen (secondary N) is 2. The predicted molar refractivity (Wildman–Crippen MR) is 130 cm³/mol. The van der Waals surface area contributed by atoms with Crippen LogP contribution in [0.25, 0.3) is 11.5 Å². The summed E-state index contributed by atoms with van der Waals surface area (Å²) in [4.78, 5) is 12.3. The molecule has 0 saturated heterocycles. The van der Waals surface area contributed by atoms with Crippen molar-refractivity contribution >= 4 is 27.3 Å². The van der Waals surface area contributed by atoms with Crippen molar-refractivity contribution in [3.63, 3.8) is 0 Å². The van der Waals surface area contributed by atoms with E-state index in [1.54, 1.807) is 42.5 Å². The van der Waals surface area contributed by atoms with Crippen molar-refractivity contribution in [2.75, 3.05) is 23.0 Å². The Morgan fingerprint density at radius 2 is 1.89 bits per heavy atom. The Kier molecular flexibility index (Phi) is 6.75. The van der Waals surface area contributed by atoms with Crippen LogP contribution in [0.2, 0.25) is 0 Å². The third kappa shape index (κ3) is 5.31. The summed E-state index contributed by atoms with van der Waals surface area (Å²) in [5.41, 5.74) is 1.89. The van der Waals surface area contributed by atoms with E-state index in [9.17, 15) is 26.7 Å². The molecule has 3 N–H and O–H groups in total. The normalized spacial score (nSPS) is 15.5. The molecule has 38 heavy (non-hydrogen) atoms. The highest BCUT2D eigenvalue weighted by Crippen LogP contribution is 2.33.